The molecule has 1 atom stereocenters. The summed E-state index contributed by atoms with van der Waals surface area (Å²) in [5.41, 5.74) is 0.855. The van der Waals surface area contributed by atoms with Crippen molar-refractivity contribution in [1.29, 1.82) is 0 Å². The summed E-state index contributed by atoms with van der Waals surface area (Å²) >= 11 is 5.97. The molecule has 0 aromatic heterocycles. The Morgan fingerprint density at radius 3 is 2.35 bits per heavy atom. The summed E-state index contributed by atoms with van der Waals surface area (Å²) in [4.78, 5) is 12.3. The molecule has 0 bridgehead atoms. The number of allylic oxidation sites excluding steroid dienone is 3. The lowest BCUT2D eigenvalue weighted by Crippen LogP contribution is -2.31. The zero-order valence-electron chi connectivity index (χ0n) is 13.3. The number of carbonyl (C=O) groups excluding carboxylic acids is 1. The highest BCUT2D eigenvalue weighted by molar-refractivity contribution is 7.94. The van der Waals surface area contributed by atoms with Gasteiger partial charge in [-0.25, -0.2) is 12.6 Å². The van der Waals surface area contributed by atoms with Crippen molar-refractivity contribution in [2.24, 2.45) is 11.8 Å². The molecule has 2 rings (SSSR count). The second-order valence-electron chi connectivity index (χ2n) is 6.17. The molecule has 0 radical (unpaired) electrons. The molecule has 1 unspecified atom stereocenters. The summed E-state index contributed by atoms with van der Waals surface area (Å²) in [6, 6.07) is 0. The number of rotatable bonds is 4. The van der Waals surface area contributed by atoms with Gasteiger partial charge in [0.2, 0.25) is 5.24 Å². The standard InChI is InChI=1S/C16H21ClO4S2/c1-3-11-12(16(17)18)9-13(23(2,20)21)14(15(11)22-19)10-7-5-4-6-8-10/h9-11H,3-8H2,1-2H3. The number of halogens is 1. The summed E-state index contributed by atoms with van der Waals surface area (Å²) < 4.78 is 36.4. The van der Waals surface area contributed by atoms with Crippen LogP contribution in [0.4, 0.5) is 0 Å². The maximum Gasteiger partial charge on any atom is 0.249 e. The summed E-state index contributed by atoms with van der Waals surface area (Å²) in [5, 5.41) is -0.688. The van der Waals surface area contributed by atoms with E-state index in [1.54, 1.807) is 0 Å². The number of carbonyl (C=O) groups is 1. The molecule has 0 heterocycles. The molecular weight excluding hydrogens is 356 g/mol. The largest absolute Gasteiger partial charge is 0.276 e. The van der Waals surface area contributed by atoms with Gasteiger partial charge in [-0.2, -0.15) is 0 Å². The minimum absolute atomic E-state index is 0.0715. The van der Waals surface area contributed by atoms with Gasteiger partial charge in [-0.15, -0.1) is 0 Å². The number of hydrogen-bond donors (Lipinski definition) is 0. The van der Waals surface area contributed by atoms with Crippen molar-refractivity contribution >= 4 is 42.8 Å². The molecule has 7 heteroatoms. The van der Waals surface area contributed by atoms with E-state index in [-0.39, 0.29) is 16.4 Å². The molecule has 1 saturated carbocycles. The topological polar surface area (TPSA) is 68.3 Å². The molecule has 0 aromatic rings. The number of sulfone groups is 1. The van der Waals surface area contributed by atoms with Crippen LogP contribution in [0.25, 0.3) is 0 Å². The lowest BCUT2D eigenvalue weighted by Gasteiger charge is -2.32. The van der Waals surface area contributed by atoms with E-state index in [4.69, 9.17) is 11.6 Å². The summed E-state index contributed by atoms with van der Waals surface area (Å²) in [6.07, 6.45) is 8.03. The summed E-state index contributed by atoms with van der Waals surface area (Å²) in [6.45, 7) is 1.87. The van der Waals surface area contributed by atoms with Gasteiger partial charge in [0, 0.05) is 17.7 Å². The second-order valence-corrected chi connectivity index (χ2v) is 9.10. The molecular formula is C16H21ClO4S2. The van der Waals surface area contributed by atoms with Gasteiger partial charge >= 0.3 is 0 Å². The average Bonchev–Trinajstić information content (AvgIpc) is 2.52. The Balaban J connectivity index is 2.74. The molecule has 1 fully saturated rings. The van der Waals surface area contributed by atoms with Crippen molar-refractivity contribution in [1.82, 2.24) is 0 Å². The van der Waals surface area contributed by atoms with Gasteiger partial charge in [0.15, 0.2) is 9.84 Å². The van der Waals surface area contributed by atoms with Crippen LogP contribution in [0.3, 0.4) is 0 Å². The lowest BCUT2D eigenvalue weighted by molar-refractivity contribution is -0.108. The van der Waals surface area contributed by atoms with E-state index < -0.39 is 21.0 Å². The SMILES string of the molecule is CCC1C(C(=O)Cl)=CC(S(C)(=O)=O)=C(C2CCCCC2)C1=S=O. The molecule has 0 spiro atoms. The molecule has 4 nitrogen and oxygen atoms in total. The van der Waals surface area contributed by atoms with E-state index in [1.807, 2.05) is 6.92 Å². The van der Waals surface area contributed by atoms with Crippen LogP contribution in [0.2, 0.25) is 0 Å². The molecule has 0 N–H and O–H groups in total. The molecule has 23 heavy (non-hydrogen) atoms. The third kappa shape index (κ3) is 3.86. The third-order valence-electron chi connectivity index (χ3n) is 4.65. The van der Waals surface area contributed by atoms with Crippen molar-refractivity contribution in [2.45, 2.75) is 45.4 Å². The van der Waals surface area contributed by atoms with Crippen LogP contribution in [0.15, 0.2) is 22.1 Å². The first-order chi connectivity index (χ1) is 10.8. The smallest absolute Gasteiger partial charge is 0.249 e. The van der Waals surface area contributed by atoms with E-state index in [0.29, 0.717) is 28.1 Å². The van der Waals surface area contributed by atoms with E-state index in [2.05, 4.69) is 0 Å². The van der Waals surface area contributed by atoms with Gasteiger partial charge in [-0.05, 0) is 48.4 Å². The first kappa shape index (κ1) is 18.6. The van der Waals surface area contributed by atoms with Crippen LogP contribution in [0.5, 0.6) is 0 Å². The number of hydrogen-bond acceptors (Lipinski definition) is 4. The highest BCUT2D eigenvalue weighted by atomic mass is 35.5. The Morgan fingerprint density at radius 2 is 1.91 bits per heavy atom. The van der Waals surface area contributed by atoms with E-state index in [1.165, 1.54) is 6.08 Å². The van der Waals surface area contributed by atoms with Crippen LogP contribution in [0, 0.1) is 11.8 Å². The zero-order chi connectivity index (χ0) is 17.2. The van der Waals surface area contributed by atoms with Crippen LogP contribution < -0.4 is 0 Å². The van der Waals surface area contributed by atoms with Crippen LogP contribution in [0.1, 0.15) is 45.4 Å². The van der Waals surface area contributed by atoms with Gasteiger partial charge in [0.1, 0.15) is 0 Å². The molecule has 2 aliphatic rings. The minimum atomic E-state index is -3.55. The van der Waals surface area contributed by atoms with Crippen LogP contribution in [-0.4, -0.2) is 29.0 Å². The van der Waals surface area contributed by atoms with Crippen molar-refractivity contribution < 1.29 is 17.4 Å². The second kappa shape index (κ2) is 7.45. The summed E-state index contributed by atoms with van der Waals surface area (Å²) in [7, 11) is -3.55. The Bertz CT molecular complexity index is 721. The normalized spacial score (nSPS) is 23.7. The van der Waals surface area contributed by atoms with Crippen molar-refractivity contribution in [3.05, 3.63) is 22.1 Å². The highest BCUT2D eigenvalue weighted by Crippen LogP contribution is 2.40. The van der Waals surface area contributed by atoms with Gasteiger partial charge in [-0.3, -0.25) is 4.79 Å². The maximum atomic E-state index is 12.3. The monoisotopic (exact) mass is 376 g/mol. The average molecular weight is 377 g/mol. The van der Waals surface area contributed by atoms with Gasteiger partial charge in [0.25, 0.3) is 0 Å². The molecule has 128 valence electrons. The fraction of sp³-hybridized carbons (Fsp3) is 0.625. The van der Waals surface area contributed by atoms with Gasteiger partial charge in [0.05, 0.1) is 21.0 Å². The van der Waals surface area contributed by atoms with Crippen molar-refractivity contribution in [2.75, 3.05) is 6.26 Å². The van der Waals surface area contributed by atoms with Gasteiger partial charge in [-0.1, -0.05) is 26.2 Å². The van der Waals surface area contributed by atoms with E-state index in [0.717, 1.165) is 38.4 Å². The quantitative estimate of drug-likeness (QED) is 0.558. The third-order valence-corrected chi connectivity index (χ3v) is 6.69. The molecule has 0 aliphatic heterocycles. The zero-order valence-corrected chi connectivity index (χ0v) is 15.7. The maximum absolute atomic E-state index is 12.3. The molecule has 0 saturated heterocycles. The van der Waals surface area contributed by atoms with Crippen molar-refractivity contribution in [3.8, 4) is 0 Å². The highest BCUT2D eigenvalue weighted by Gasteiger charge is 2.37. The van der Waals surface area contributed by atoms with Crippen molar-refractivity contribution in [3.63, 3.8) is 0 Å². The molecule has 2 aliphatic carbocycles. The Kier molecular flexibility index (Phi) is 6.03. The molecule has 0 aromatic carbocycles. The van der Waals surface area contributed by atoms with Gasteiger partial charge < -0.3 is 0 Å². The first-order valence-electron chi connectivity index (χ1n) is 7.83. The lowest BCUT2D eigenvalue weighted by atomic mass is 9.75. The van der Waals surface area contributed by atoms with Crippen LogP contribution >= 0.6 is 11.6 Å². The Morgan fingerprint density at radius 1 is 1.30 bits per heavy atom. The fourth-order valence-electron chi connectivity index (χ4n) is 3.57. The predicted molar refractivity (Wildman–Crippen MR) is 94.3 cm³/mol. The fourth-order valence-corrected chi connectivity index (χ4v) is 5.62. The Labute approximate surface area is 146 Å². The van der Waals surface area contributed by atoms with E-state index >= 15 is 0 Å². The summed E-state index contributed by atoms with van der Waals surface area (Å²) in [5.74, 6) is -0.327. The molecule has 0 amide bonds. The van der Waals surface area contributed by atoms with E-state index in [9.17, 15) is 17.4 Å². The predicted octanol–water partition coefficient (Wildman–Crippen LogP) is 2.98. The first-order valence-corrected chi connectivity index (χ1v) is 10.8. The van der Waals surface area contributed by atoms with Crippen LogP contribution in [-0.2, 0) is 25.9 Å². The minimum Gasteiger partial charge on any atom is -0.276 e. The Hall–Kier alpha value is -0.720.